The molecule has 60 valence electrons. The maximum atomic E-state index is 10.8. The van der Waals surface area contributed by atoms with Crippen LogP contribution in [0.5, 0.6) is 0 Å². The van der Waals surface area contributed by atoms with Crippen LogP contribution in [0.1, 0.15) is 11.6 Å². The van der Waals surface area contributed by atoms with E-state index in [9.17, 15) is 4.79 Å². The quantitative estimate of drug-likeness (QED) is 0.668. The molecule has 11 heavy (non-hydrogen) atoms. The van der Waals surface area contributed by atoms with Crippen LogP contribution in [0.25, 0.3) is 0 Å². The molecule has 4 heteroatoms. The Kier molecular flexibility index (Phi) is 2.38. The molecule has 2 N–H and O–H groups in total. The normalized spacial score (nSPS) is 10.0. The van der Waals surface area contributed by atoms with E-state index in [-0.39, 0.29) is 18.7 Å². The molecule has 0 fully saturated rings. The largest absolute Gasteiger partial charge is 0.448 e. The second-order valence-electron chi connectivity index (χ2n) is 2.30. The third kappa shape index (κ3) is 2.16. The van der Waals surface area contributed by atoms with Crippen LogP contribution < -0.4 is 5.73 Å². The molecule has 0 aliphatic carbocycles. The van der Waals surface area contributed by atoms with Crippen LogP contribution in [0.4, 0.5) is 0 Å². The van der Waals surface area contributed by atoms with E-state index in [4.69, 9.17) is 10.2 Å². The standard InChI is InChI=1S/C7H10N2O2/c1-5-4-11-7(9-5)2-6(10)3-8/h4H,2-3,8H2,1H3. The van der Waals surface area contributed by atoms with Gasteiger partial charge in [-0.15, -0.1) is 0 Å². The number of hydrogen-bond donors (Lipinski definition) is 1. The number of aryl methyl sites for hydroxylation is 1. The summed E-state index contributed by atoms with van der Waals surface area (Å²) in [4.78, 5) is 14.7. The fraction of sp³-hybridized carbons (Fsp3) is 0.429. The molecule has 0 aromatic carbocycles. The first-order valence-electron chi connectivity index (χ1n) is 3.35. The Bertz CT molecular complexity index is 255. The van der Waals surface area contributed by atoms with Gasteiger partial charge >= 0.3 is 0 Å². The summed E-state index contributed by atoms with van der Waals surface area (Å²) in [7, 11) is 0. The van der Waals surface area contributed by atoms with Gasteiger partial charge in [-0.1, -0.05) is 0 Å². The Balaban J connectivity index is 2.57. The molecule has 0 bridgehead atoms. The van der Waals surface area contributed by atoms with Crippen molar-refractivity contribution in [2.75, 3.05) is 6.54 Å². The number of aromatic nitrogens is 1. The van der Waals surface area contributed by atoms with Crippen LogP contribution in [0, 0.1) is 6.92 Å². The predicted molar refractivity (Wildman–Crippen MR) is 39.0 cm³/mol. The number of carbonyl (C=O) groups is 1. The van der Waals surface area contributed by atoms with E-state index in [1.165, 1.54) is 6.26 Å². The van der Waals surface area contributed by atoms with Crippen molar-refractivity contribution in [2.45, 2.75) is 13.3 Å². The molecule has 1 aromatic heterocycles. The molecule has 0 radical (unpaired) electrons. The van der Waals surface area contributed by atoms with Gasteiger partial charge in [0.1, 0.15) is 6.26 Å². The average Bonchev–Trinajstić information content (AvgIpc) is 2.35. The van der Waals surface area contributed by atoms with E-state index in [0.29, 0.717) is 5.89 Å². The number of hydrogen-bond acceptors (Lipinski definition) is 4. The van der Waals surface area contributed by atoms with E-state index in [2.05, 4.69) is 4.98 Å². The van der Waals surface area contributed by atoms with Crippen LogP contribution in [0.3, 0.4) is 0 Å². The lowest BCUT2D eigenvalue weighted by Crippen LogP contribution is -2.15. The number of ketones is 1. The number of nitrogens with zero attached hydrogens (tertiary/aromatic N) is 1. The molecule has 1 rings (SSSR count). The van der Waals surface area contributed by atoms with Gasteiger partial charge in [-0.2, -0.15) is 0 Å². The first-order chi connectivity index (χ1) is 5.22. The first kappa shape index (κ1) is 7.94. The van der Waals surface area contributed by atoms with Crippen LogP contribution in [-0.4, -0.2) is 17.3 Å². The SMILES string of the molecule is Cc1coc(CC(=O)CN)n1. The smallest absolute Gasteiger partial charge is 0.201 e. The predicted octanol–water partition coefficient (Wildman–Crippen LogP) is 0.0533. The van der Waals surface area contributed by atoms with E-state index < -0.39 is 0 Å². The number of nitrogens with two attached hydrogens (primary N) is 1. The Labute approximate surface area is 64.4 Å². The molecule has 0 saturated heterocycles. The van der Waals surface area contributed by atoms with Crippen molar-refractivity contribution in [1.29, 1.82) is 0 Å². The van der Waals surface area contributed by atoms with Crippen LogP contribution in [-0.2, 0) is 11.2 Å². The third-order valence-electron chi connectivity index (χ3n) is 1.24. The summed E-state index contributed by atoms with van der Waals surface area (Å²) in [5.74, 6) is 0.379. The Hall–Kier alpha value is -1.16. The molecule has 1 heterocycles. The van der Waals surface area contributed by atoms with Gasteiger partial charge in [0.25, 0.3) is 0 Å². The van der Waals surface area contributed by atoms with Crippen molar-refractivity contribution in [2.24, 2.45) is 5.73 Å². The zero-order chi connectivity index (χ0) is 8.27. The van der Waals surface area contributed by atoms with E-state index in [0.717, 1.165) is 5.69 Å². The molecular weight excluding hydrogens is 144 g/mol. The fourth-order valence-corrected chi connectivity index (χ4v) is 0.725. The second-order valence-corrected chi connectivity index (χ2v) is 2.30. The van der Waals surface area contributed by atoms with Crippen LogP contribution in [0.15, 0.2) is 10.7 Å². The van der Waals surface area contributed by atoms with E-state index in [1.807, 2.05) is 0 Å². The highest BCUT2D eigenvalue weighted by Gasteiger charge is 2.05. The van der Waals surface area contributed by atoms with Crippen molar-refractivity contribution < 1.29 is 9.21 Å². The molecule has 0 atom stereocenters. The summed E-state index contributed by atoms with van der Waals surface area (Å²) in [5.41, 5.74) is 5.89. The Morgan fingerprint density at radius 1 is 1.82 bits per heavy atom. The minimum absolute atomic E-state index is 0.0431. The highest BCUT2D eigenvalue weighted by molar-refractivity contribution is 5.81. The average molecular weight is 154 g/mol. The highest BCUT2D eigenvalue weighted by atomic mass is 16.3. The monoisotopic (exact) mass is 154 g/mol. The topological polar surface area (TPSA) is 69.1 Å². The first-order valence-corrected chi connectivity index (χ1v) is 3.35. The molecule has 0 spiro atoms. The van der Waals surface area contributed by atoms with Crippen molar-refractivity contribution in [1.82, 2.24) is 4.98 Å². The number of oxazole rings is 1. The molecule has 0 aliphatic rings. The van der Waals surface area contributed by atoms with Gasteiger partial charge in [-0.3, -0.25) is 4.79 Å². The highest BCUT2D eigenvalue weighted by Crippen LogP contribution is 2.00. The number of carbonyl (C=O) groups excluding carboxylic acids is 1. The number of Topliss-reactive ketones (excluding diaryl/α,β-unsaturated/α-hetero) is 1. The molecule has 1 aromatic rings. The Morgan fingerprint density at radius 2 is 2.55 bits per heavy atom. The minimum Gasteiger partial charge on any atom is -0.448 e. The van der Waals surface area contributed by atoms with E-state index >= 15 is 0 Å². The number of rotatable bonds is 3. The maximum absolute atomic E-state index is 10.8. The summed E-state index contributed by atoms with van der Waals surface area (Å²) >= 11 is 0. The van der Waals surface area contributed by atoms with Gasteiger partial charge in [-0.05, 0) is 6.92 Å². The van der Waals surface area contributed by atoms with Gasteiger partial charge in [-0.25, -0.2) is 4.98 Å². The molecule has 4 nitrogen and oxygen atoms in total. The summed E-state index contributed by atoms with van der Waals surface area (Å²) in [5, 5.41) is 0. The van der Waals surface area contributed by atoms with Gasteiger partial charge in [0.05, 0.1) is 18.7 Å². The second kappa shape index (κ2) is 3.30. The van der Waals surface area contributed by atoms with Crippen LogP contribution >= 0.6 is 0 Å². The summed E-state index contributed by atoms with van der Waals surface area (Å²) < 4.78 is 4.95. The van der Waals surface area contributed by atoms with Gasteiger partial charge in [0, 0.05) is 0 Å². The molecule has 0 saturated carbocycles. The maximum Gasteiger partial charge on any atom is 0.201 e. The van der Waals surface area contributed by atoms with E-state index in [1.54, 1.807) is 6.92 Å². The van der Waals surface area contributed by atoms with Gasteiger partial charge in [0.2, 0.25) is 5.89 Å². The minimum atomic E-state index is -0.0631. The van der Waals surface area contributed by atoms with Crippen molar-refractivity contribution in [3.8, 4) is 0 Å². The van der Waals surface area contributed by atoms with Crippen molar-refractivity contribution in [3.63, 3.8) is 0 Å². The third-order valence-corrected chi connectivity index (χ3v) is 1.24. The molecule has 0 unspecified atom stereocenters. The molecule has 0 aliphatic heterocycles. The summed E-state index contributed by atoms with van der Waals surface area (Å²) in [6, 6.07) is 0. The lowest BCUT2D eigenvalue weighted by Gasteiger charge is -1.89. The van der Waals surface area contributed by atoms with Crippen LogP contribution in [0.2, 0.25) is 0 Å². The lowest BCUT2D eigenvalue weighted by atomic mass is 10.3. The zero-order valence-corrected chi connectivity index (χ0v) is 6.33. The zero-order valence-electron chi connectivity index (χ0n) is 6.33. The van der Waals surface area contributed by atoms with Crippen molar-refractivity contribution >= 4 is 5.78 Å². The molecule has 0 amide bonds. The Morgan fingerprint density at radius 3 is 3.00 bits per heavy atom. The summed E-state index contributed by atoms with van der Waals surface area (Å²) in [6.07, 6.45) is 1.71. The van der Waals surface area contributed by atoms with Crippen molar-refractivity contribution in [3.05, 3.63) is 17.8 Å². The van der Waals surface area contributed by atoms with Gasteiger partial charge < -0.3 is 10.2 Å². The lowest BCUT2D eigenvalue weighted by molar-refractivity contribution is -0.117. The van der Waals surface area contributed by atoms with Gasteiger partial charge in [0.15, 0.2) is 5.78 Å². The summed E-state index contributed by atoms with van der Waals surface area (Å²) in [6.45, 7) is 1.85. The fourth-order valence-electron chi connectivity index (χ4n) is 0.725. The molecular formula is C7H10N2O2.